The summed E-state index contributed by atoms with van der Waals surface area (Å²) >= 11 is 0. The van der Waals surface area contributed by atoms with Crippen molar-refractivity contribution in [2.75, 3.05) is 7.11 Å². The van der Waals surface area contributed by atoms with Crippen LogP contribution in [0.15, 0.2) is 6.07 Å². The van der Waals surface area contributed by atoms with Gasteiger partial charge in [0.2, 0.25) is 5.75 Å². The van der Waals surface area contributed by atoms with E-state index < -0.39 is 40.7 Å². The van der Waals surface area contributed by atoms with Crippen molar-refractivity contribution in [2.45, 2.75) is 12.8 Å². The molecule has 0 aromatic carbocycles. The highest BCUT2D eigenvalue weighted by Crippen LogP contribution is 2.37. The number of nitrogens with zero attached hydrogens (tertiary/aromatic N) is 2. The molecular weight excluding hydrogens is 283 g/mol. The van der Waals surface area contributed by atoms with Crippen LogP contribution < -0.4 is 9.47 Å². The fourth-order valence-electron chi connectivity index (χ4n) is 1.11. The molecule has 0 spiro atoms. The van der Waals surface area contributed by atoms with Crippen LogP contribution in [0.1, 0.15) is 12.0 Å². The predicted molar refractivity (Wildman–Crippen MR) is 49.1 cm³/mol. The molecule has 11 heteroatoms. The van der Waals surface area contributed by atoms with Crippen LogP contribution in [-0.2, 0) is 0 Å². The number of halogens is 5. The Morgan fingerprint density at radius 1 is 1.42 bits per heavy atom. The smallest absolute Gasteiger partial charge is 0.489 e. The van der Waals surface area contributed by atoms with Gasteiger partial charge < -0.3 is 19.6 Å². The highest BCUT2D eigenvalue weighted by atomic mass is 19.4. The van der Waals surface area contributed by atoms with Crippen LogP contribution in [0.4, 0.5) is 27.8 Å². The van der Waals surface area contributed by atoms with E-state index in [9.17, 15) is 32.1 Å². The third-order valence-corrected chi connectivity index (χ3v) is 1.80. The monoisotopic (exact) mass is 288 g/mol. The van der Waals surface area contributed by atoms with E-state index in [1.807, 2.05) is 0 Å². The van der Waals surface area contributed by atoms with Crippen LogP contribution in [0.5, 0.6) is 11.6 Å². The Labute approximate surface area is 101 Å². The van der Waals surface area contributed by atoms with Gasteiger partial charge in [-0.25, -0.2) is 8.78 Å². The molecule has 0 amide bonds. The van der Waals surface area contributed by atoms with Gasteiger partial charge >= 0.3 is 18.1 Å². The lowest BCUT2D eigenvalue weighted by Crippen LogP contribution is -2.19. The van der Waals surface area contributed by atoms with Crippen LogP contribution in [-0.4, -0.2) is 23.4 Å². The molecule has 6 nitrogen and oxygen atoms in total. The fraction of sp³-hybridized carbons (Fsp3) is 0.375. The number of methoxy groups -OCH3 is 1. The second-order valence-corrected chi connectivity index (χ2v) is 3.01. The molecule has 0 aliphatic rings. The molecular formula is C8H5F5N2O4. The van der Waals surface area contributed by atoms with E-state index in [4.69, 9.17) is 0 Å². The number of pyridine rings is 1. The topological polar surface area (TPSA) is 74.5 Å². The molecule has 0 radical (unpaired) electrons. The van der Waals surface area contributed by atoms with Crippen molar-refractivity contribution >= 4 is 5.82 Å². The van der Waals surface area contributed by atoms with E-state index in [0.29, 0.717) is 6.07 Å². The number of hydrogen-bond acceptors (Lipinski definition) is 5. The average Bonchev–Trinajstić information content (AvgIpc) is 2.25. The lowest BCUT2D eigenvalue weighted by atomic mass is 10.2. The maximum Gasteiger partial charge on any atom is 0.575 e. The normalized spacial score (nSPS) is 11.5. The first-order valence-electron chi connectivity index (χ1n) is 4.43. The molecule has 0 unspecified atom stereocenters. The summed E-state index contributed by atoms with van der Waals surface area (Å²) in [5, 5.41) is 10.5. The Hall–Kier alpha value is -2.20. The van der Waals surface area contributed by atoms with Gasteiger partial charge in [-0.15, -0.1) is 13.2 Å². The van der Waals surface area contributed by atoms with Crippen molar-refractivity contribution in [3.63, 3.8) is 0 Å². The molecule has 106 valence electrons. The minimum absolute atomic E-state index is 0.372. The van der Waals surface area contributed by atoms with Gasteiger partial charge in [0.1, 0.15) is 5.56 Å². The Bertz CT molecular complexity index is 491. The van der Waals surface area contributed by atoms with Crippen molar-refractivity contribution < 1.29 is 36.3 Å². The van der Waals surface area contributed by atoms with Crippen LogP contribution in [0, 0.1) is 10.1 Å². The van der Waals surface area contributed by atoms with Crippen LogP contribution in [0.2, 0.25) is 0 Å². The van der Waals surface area contributed by atoms with Gasteiger partial charge in [0.15, 0.2) is 0 Å². The first kappa shape index (κ1) is 14.9. The highest BCUT2D eigenvalue weighted by Gasteiger charge is 2.38. The summed E-state index contributed by atoms with van der Waals surface area (Å²) in [5.41, 5.74) is -1.26. The Kier molecular flexibility index (Phi) is 4.07. The van der Waals surface area contributed by atoms with Gasteiger partial charge in [-0.2, -0.15) is 0 Å². The van der Waals surface area contributed by atoms with Gasteiger partial charge in [0, 0.05) is 11.1 Å². The van der Waals surface area contributed by atoms with E-state index >= 15 is 0 Å². The molecule has 1 aromatic rings. The van der Waals surface area contributed by atoms with Gasteiger partial charge in [0.25, 0.3) is 6.43 Å². The molecule has 0 saturated carbocycles. The van der Waals surface area contributed by atoms with Gasteiger partial charge in [-0.05, 0) is 4.92 Å². The number of aromatic nitrogens is 1. The number of hydrogen-bond donors (Lipinski definition) is 0. The summed E-state index contributed by atoms with van der Waals surface area (Å²) in [7, 11) is 0.920. The van der Waals surface area contributed by atoms with E-state index in [0.717, 1.165) is 7.11 Å². The summed E-state index contributed by atoms with van der Waals surface area (Å²) < 4.78 is 68.7. The molecule has 19 heavy (non-hydrogen) atoms. The standard InChI is InChI=1S/C8H5F5N2O4/c1-18-4-2-3(5(9)10)7(19-8(11,12)13)14-6(4)15(16)17/h2,5H,1H3. The SMILES string of the molecule is COc1cc(C(F)F)c(OC(F)(F)F)nc1[N+](=O)[O-]. The maximum absolute atomic E-state index is 12.5. The molecule has 1 heterocycles. The molecule has 1 aromatic heterocycles. The average molecular weight is 288 g/mol. The molecule has 0 saturated heterocycles. The van der Waals surface area contributed by atoms with Crippen molar-refractivity contribution in [2.24, 2.45) is 0 Å². The van der Waals surface area contributed by atoms with E-state index in [1.54, 1.807) is 0 Å². The lowest BCUT2D eigenvalue weighted by molar-refractivity contribution is -0.391. The van der Waals surface area contributed by atoms with Crippen LogP contribution >= 0.6 is 0 Å². The first-order valence-corrected chi connectivity index (χ1v) is 4.43. The molecule has 0 aliphatic heterocycles. The largest absolute Gasteiger partial charge is 0.575 e. The zero-order valence-electron chi connectivity index (χ0n) is 9.07. The summed E-state index contributed by atoms with van der Waals surface area (Å²) in [5.74, 6) is -3.45. The maximum atomic E-state index is 12.5. The minimum atomic E-state index is -5.31. The van der Waals surface area contributed by atoms with Crippen molar-refractivity contribution in [3.05, 3.63) is 21.7 Å². The fourth-order valence-corrected chi connectivity index (χ4v) is 1.11. The third kappa shape index (κ3) is 3.63. The Morgan fingerprint density at radius 2 is 2.00 bits per heavy atom. The van der Waals surface area contributed by atoms with Gasteiger partial charge in [0.05, 0.1) is 7.11 Å². The molecule has 0 aliphatic carbocycles. The second-order valence-electron chi connectivity index (χ2n) is 3.01. The van der Waals surface area contributed by atoms with Crippen molar-refractivity contribution in [1.82, 2.24) is 4.98 Å². The van der Waals surface area contributed by atoms with Crippen LogP contribution in [0.25, 0.3) is 0 Å². The van der Waals surface area contributed by atoms with Crippen molar-refractivity contribution in [1.29, 1.82) is 0 Å². The first-order chi connectivity index (χ1) is 8.65. The lowest BCUT2D eigenvalue weighted by Gasteiger charge is -2.10. The summed E-state index contributed by atoms with van der Waals surface area (Å²) in [4.78, 5) is 12.1. The zero-order valence-corrected chi connectivity index (χ0v) is 9.07. The van der Waals surface area contributed by atoms with Crippen LogP contribution in [0.3, 0.4) is 0 Å². The summed E-state index contributed by atoms with van der Waals surface area (Å²) in [6.45, 7) is 0. The molecule has 1 rings (SSSR count). The summed E-state index contributed by atoms with van der Waals surface area (Å²) in [6, 6.07) is 0.372. The number of ether oxygens (including phenoxy) is 2. The third-order valence-electron chi connectivity index (χ3n) is 1.80. The molecule has 0 bridgehead atoms. The quantitative estimate of drug-likeness (QED) is 0.484. The van der Waals surface area contributed by atoms with Gasteiger partial charge in [-0.1, -0.05) is 0 Å². The summed E-state index contributed by atoms with van der Waals surface area (Å²) in [6.07, 6.45) is -8.68. The minimum Gasteiger partial charge on any atom is -0.489 e. The van der Waals surface area contributed by atoms with E-state index in [1.165, 1.54) is 0 Å². The van der Waals surface area contributed by atoms with E-state index in [-0.39, 0.29) is 0 Å². The highest BCUT2D eigenvalue weighted by molar-refractivity contribution is 5.47. The molecule has 0 N–H and O–H groups in total. The number of rotatable bonds is 4. The number of alkyl halides is 5. The predicted octanol–water partition coefficient (Wildman–Crippen LogP) is 2.83. The second kappa shape index (κ2) is 5.20. The molecule has 0 fully saturated rings. The Balaban J connectivity index is 3.41. The van der Waals surface area contributed by atoms with Gasteiger partial charge in [-0.3, -0.25) is 0 Å². The molecule has 0 atom stereocenters. The van der Waals surface area contributed by atoms with E-state index in [2.05, 4.69) is 14.5 Å². The zero-order chi connectivity index (χ0) is 14.8. The number of nitro groups is 1. The Morgan fingerprint density at radius 3 is 2.37 bits per heavy atom. The van der Waals surface area contributed by atoms with Crippen molar-refractivity contribution in [3.8, 4) is 11.6 Å².